The van der Waals surface area contributed by atoms with Crippen LogP contribution in [0.1, 0.15) is 38.4 Å². The fourth-order valence-corrected chi connectivity index (χ4v) is 4.72. The summed E-state index contributed by atoms with van der Waals surface area (Å²) >= 11 is 0. The summed E-state index contributed by atoms with van der Waals surface area (Å²) in [5.74, 6) is 2.74. The standard InChI is InChI=1S/C16H25N5O/c1-2-21-15(17-11-18-21)10-19-7-12-6-13(9-19)14-4-3-5-16(22)20(14)8-12/h11-14H,2-10H2,1H3/t12?,13?,14-/m0/s1. The molecule has 120 valence electrons. The summed E-state index contributed by atoms with van der Waals surface area (Å²) in [6.45, 7) is 7.03. The summed E-state index contributed by atoms with van der Waals surface area (Å²) in [6, 6.07) is 0.490. The Morgan fingerprint density at radius 3 is 3.09 bits per heavy atom. The van der Waals surface area contributed by atoms with Crippen molar-refractivity contribution in [1.82, 2.24) is 24.6 Å². The number of likely N-dealkylation sites (tertiary alicyclic amines) is 1. The second-order valence-electron chi connectivity index (χ2n) is 7.05. The van der Waals surface area contributed by atoms with Crippen LogP contribution >= 0.6 is 0 Å². The third-order valence-electron chi connectivity index (χ3n) is 5.62. The number of carbonyl (C=O) groups excluding carboxylic acids is 1. The van der Waals surface area contributed by atoms with Crippen LogP contribution in [-0.4, -0.2) is 56.1 Å². The van der Waals surface area contributed by atoms with E-state index < -0.39 is 0 Å². The van der Waals surface area contributed by atoms with Crippen molar-refractivity contribution in [3.05, 3.63) is 12.2 Å². The van der Waals surface area contributed by atoms with Gasteiger partial charge in [0.2, 0.25) is 5.91 Å². The van der Waals surface area contributed by atoms with Crippen molar-refractivity contribution in [2.75, 3.05) is 19.6 Å². The molecule has 3 saturated heterocycles. The number of fused-ring (bicyclic) bond motifs is 4. The van der Waals surface area contributed by atoms with Crippen molar-refractivity contribution in [2.45, 2.75) is 51.7 Å². The number of hydrogen-bond acceptors (Lipinski definition) is 4. The molecule has 6 nitrogen and oxygen atoms in total. The minimum Gasteiger partial charge on any atom is -0.339 e. The van der Waals surface area contributed by atoms with Crippen molar-refractivity contribution in [3.63, 3.8) is 0 Å². The van der Waals surface area contributed by atoms with E-state index >= 15 is 0 Å². The van der Waals surface area contributed by atoms with E-state index in [0.29, 0.717) is 23.8 Å². The third kappa shape index (κ3) is 2.43. The molecule has 1 aromatic rings. The first kappa shape index (κ1) is 14.2. The lowest BCUT2D eigenvalue weighted by molar-refractivity contribution is -0.145. The average molecular weight is 303 g/mol. The van der Waals surface area contributed by atoms with Crippen LogP contribution < -0.4 is 0 Å². The van der Waals surface area contributed by atoms with Crippen molar-refractivity contribution < 1.29 is 4.79 Å². The Kier molecular flexibility index (Phi) is 3.64. The molecule has 0 aliphatic carbocycles. The molecule has 1 aromatic heterocycles. The lowest BCUT2D eigenvalue weighted by Crippen LogP contribution is -2.60. The van der Waals surface area contributed by atoms with Gasteiger partial charge in [-0.05, 0) is 38.0 Å². The van der Waals surface area contributed by atoms with E-state index in [9.17, 15) is 4.79 Å². The first-order valence-corrected chi connectivity index (χ1v) is 8.63. The van der Waals surface area contributed by atoms with E-state index in [-0.39, 0.29) is 0 Å². The van der Waals surface area contributed by atoms with Gasteiger partial charge in [-0.1, -0.05) is 0 Å². The number of aromatic nitrogens is 3. The molecular formula is C16H25N5O. The predicted octanol–water partition coefficient (Wildman–Crippen LogP) is 1.13. The second-order valence-corrected chi connectivity index (χ2v) is 7.05. The molecule has 3 aliphatic heterocycles. The summed E-state index contributed by atoms with van der Waals surface area (Å²) in [5, 5.41) is 4.27. The number of hydrogen-bond donors (Lipinski definition) is 0. The number of nitrogens with zero attached hydrogens (tertiary/aromatic N) is 5. The molecule has 0 N–H and O–H groups in total. The molecule has 3 fully saturated rings. The summed E-state index contributed by atoms with van der Waals surface area (Å²) in [5.41, 5.74) is 0. The molecule has 0 radical (unpaired) electrons. The maximum atomic E-state index is 12.2. The molecule has 3 aliphatic rings. The number of amides is 1. The topological polar surface area (TPSA) is 54.3 Å². The molecule has 3 atom stereocenters. The molecule has 2 unspecified atom stereocenters. The smallest absolute Gasteiger partial charge is 0.222 e. The highest BCUT2D eigenvalue weighted by atomic mass is 16.2. The number of piperidine rings is 3. The van der Waals surface area contributed by atoms with Crippen LogP contribution in [0.3, 0.4) is 0 Å². The fourth-order valence-electron chi connectivity index (χ4n) is 4.72. The van der Waals surface area contributed by atoms with Gasteiger partial charge in [-0.25, -0.2) is 9.67 Å². The van der Waals surface area contributed by atoms with Gasteiger partial charge in [0.25, 0.3) is 0 Å². The fraction of sp³-hybridized carbons (Fsp3) is 0.812. The Hall–Kier alpha value is -1.43. The Morgan fingerprint density at radius 1 is 1.32 bits per heavy atom. The Bertz CT molecular complexity index is 556. The highest BCUT2D eigenvalue weighted by Crippen LogP contribution is 2.38. The monoisotopic (exact) mass is 303 g/mol. The number of aryl methyl sites for hydroxylation is 1. The molecule has 4 rings (SSSR count). The zero-order valence-electron chi connectivity index (χ0n) is 13.3. The van der Waals surface area contributed by atoms with E-state index in [4.69, 9.17) is 0 Å². The summed E-state index contributed by atoms with van der Waals surface area (Å²) in [4.78, 5) is 21.3. The Balaban J connectivity index is 1.47. The SMILES string of the molecule is CCn1ncnc1CN1CC2CC(C1)[C@@H]1CCCC(=O)N1C2. The first-order chi connectivity index (χ1) is 10.7. The van der Waals surface area contributed by atoms with Gasteiger partial charge in [0.05, 0.1) is 6.54 Å². The second kappa shape index (κ2) is 5.65. The summed E-state index contributed by atoms with van der Waals surface area (Å²) < 4.78 is 1.99. The van der Waals surface area contributed by atoms with E-state index in [2.05, 4.69) is 26.8 Å². The number of rotatable bonds is 3. The van der Waals surface area contributed by atoms with Crippen LogP contribution in [0.15, 0.2) is 6.33 Å². The highest BCUT2D eigenvalue weighted by molar-refractivity contribution is 5.77. The van der Waals surface area contributed by atoms with Gasteiger partial charge in [-0.15, -0.1) is 0 Å². The van der Waals surface area contributed by atoms with Gasteiger partial charge in [0.15, 0.2) is 0 Å². The zero-order valence-corrected chi connectivity index (χ0v) is 13.3. The first-order valence-electron chi connectivity index (χ1n) is 8.63. The molecule has 0 aromatic carbocycles. The van der Waals surface area contributed by atoms with Gasteiger partial charge in [0, 0.05) is 38.6 Å². The van der Waals surface area contributed by atoms with Gasteiger partial charge in [-0.2, -0.15) is 5.10 Å². The van der Waals surface area contributed by atoms with Crippen molar-refractivity contribution in [2.24, 2.45) is 11.8 Å². The van der Waals surface area contributed by atoms with Crippen molar-refractivity contribution in [3.8, 4) is 0 Å². The molecule has 0 spiro atoms. The zero-order chi connectivity index (χ0) is 15.1. The molecule has 2 bridgehead atoms. The Labute approximate surface area is 131 Å². The average Bonchev–Trinajstić information content (AvgIpc) is 2.95. The predicted molar refractivity (Wildman–Crippen MR) is 81.9 cm³/mol. The van der Waals surface area contributed by atoms with E-state index in [1.54, 1.807) is 6.33 Å². The molecule has 22 heavy (non-hydrogen) atoms. The minimum atomic E-state index is 0.394. The van der Waals surface area contributed by atoms with Crippen LogP contribution in [0.5, 0.6) is 0 Å². The van der Waals surface area contributed by atoms with Gasteiger partial charge < -0.3 is 4.90 Å². The largest absolute Gasteiger partial charge is 0.339 e. The number of carbonyl (C=O) groups is 1. The van der Waals surface area contributed by atoms with Crippen LogP contribution in [0.25, 0.3) is 0 Å². The van der Waals surface area contributed by atoms with Crippen molar-refractivity contribution in [1.29, 1.82) is 0 Å². The summed E-state index contributed by atoms with van der Waals surface area (Å²) in [6.07, 6.45) is 5.99. The van der Waals surface area contributed by atoms with Crippen LogP contribution in [0.4, 0.5) is 0 Å². The molecule has 6 heteroatoms. The van der Waals surface area contributed by atoms with Crippen molar-refractivity contribution >= 4 is 5.91 Å². The highest BCUT2D eigenvalue weighted by Gasteiger charge is 2.43. The van der Waals surface area contributed by atoms with Crippen LogP contribution in [0.2, 0.25) is 0 Å². The molecule has 1 amide bonds. The normalized spacial score (nSPS) is 32.1. The molecule has 0 saturated carbocycles. The maximum Gasteiger partial charge on any atom is 0.222 e. The van der Waals surface area contributed by atoms with Gasteiger partial charge in [-0.3, -0.25) is 9.69 Å². The lowest BCUT2D eigenvalue weighted by Gasteiger charge is -2.52. The third-order valence-corrected chi connectivity index (χ3v) is 5.62. The van der Waals surface area contributed by atoms with Crippen LogP contribution in [-0.2, 0) is 17.9 Å². The van der Waals surface area contributed by atoms with E-state index in [0.717, 1.165) is 51.4 Å². The summed E-state index contributed by atoms with van der Waals surface area (Å²) in [7, 11) is 0. The van der Waals surface area contributed by atoms with E-state index in [1.807, 2.05) is 4.68 Å². The van der Waals surface area contributed by atoms with Gasteiger partial charge >= 0.3 is 0 Å². The van der Waals surface area contributed by atoms with E-state index in [1.165, 1.54) is 12.8 Å². The quantitative estimate of drug-likeness (QED) is 0.840. The molecular weight excluding hydrogens is 278 g/mol. The van der Waals surface area contributed by atoms with Gasteiger partial charge in [0.1, 0.15) is 12.2 Å². The Morgan fingerprint density at radius 2 is 2.23 bits per heavy atom. The minimum absolute atomic E-state index is 0.394. The lowest BCUT2D eigenvalue weighted by atomic mass is 9.76. The van der Waals surface area contributed by atoms with Crippen LogP contribution in [0, 0.1) is 11.8 Å². The maximum absolute atomic E-state index is 12.2. The molecule has 4 heterocycles.